The van der Waals surface area contributed by atoms with Gasteiger partial charge in [-0.15, -0.1) is 0 Å². The zero-order chi connectivity index (χ0) is 27.2. The van der Waals surface area contributed by atoms with Crippen LogP contribution in [0.4, 0.5) is 17.1 Å². The molecule has 0 fully saturated rings. The maximum absolute atomic E-state index is 13.1. The summed E-state index contributed by atoms with van der Waals surface area (Å²) in [5.41, 5.74) is 1.74. The summed E-state index contributed by atoms with van der Waals surface area (Å²) in [6, 6.07) is 19.1. The summed E-state index contributed by atoms with van der Waals surface area (Å²) in [5.74, 6) is -2.20. The van der Waals surface area contributed by atoms with Crippen LogP contribution in [-0.2, 0) is 14.3 Å². The molecule has 3 aromatic rings. The Hall–Kier alpha value is -4.14. The van der Waals surface area contributed by atoms with Gasteiger partial charge in [-0.2, -0.15) is 0 Å². The Morgan fingerprint density at radius 1 is 0.868 bits per heavy atom. The number of imide groups is 1. The molecule has 8 nitrogen and oxygen atoms in total. The number of hydrogen-bond donors (Lipinski definition) is 2. The van der Waals surface area contributed by atoms with Gasteiger partial charge in [-0.05, 0) is 67.1 Å². The minimum absolute atomic E-state index is 0.104. The van der Waals surface area contributed by atoms with Crippen LogP contribution >= 0.6 is 23.2 Å². The first-order valence-corrected chi connectivity index (χ1v) is 12.5. The number of ether oxygens (including phenoxy) is 1. The Morgan fingerprint density at radius 3 is 2.18 bits per heavy atom. The van der Waals surface area contributed by atoms with E-state index in [0.717, 1.165) is 17.7 Å². The van der Waals surface area contributed by atoms with E-state index >= 15 is 0 Å². The van der Waals surface area contributed by atoms with Gasteiger partial charge >= 0.3 is 5.97 Å². The minimum atomic E-state index is -0.701. The van der Waals surface area contributed by atoms with Crippen molar-refractivity contribution in [1.29, 1.82) is 0 Å². The molecule has 0 radical (unpaired) electrons. The highest BCUT2D eigenvalue weighted by atomic mass is 35.5. The van der Waals surface area contributed by atoms with E-state index in [1.165, 1.54) is 24.3 Å². The van der Waals surface area contributed by atoms with E-state index in [4.69, 9.17) is 27.9 Å². The largest absolute Gasteiger partial charge is 0.462 e. The predicted molar refractivity (Wildman–Crippen MR) is 146 cm³/mol. The number of hydrogen-bond acceptors (Lipinski definition) is 6. The average Bonchev–Trinajstić information content (AvgIpc) is 3.13. The second-order valence-corrected chi connectivity index (χ2v) is 9.09. The van der Waals surface area contributed by atoms with Crippen molar-refractivity contribution < 1.29 is 23.9 Å². The first-order chi connectivity index (χ1) is 18.3. The SMILES string of the molecule is CCCCOC(=O)c1ccc(N2C(=O)C(Cl)=C(Nc3ccc(C(=O)Nc4ccccc4Cl)cc3)C2=O)cc1. The van der Waals surface area contributed by atoms with Crippen LogP contribution in [0.1, 0.15) is 40.5 Å². The molecule has 38 heavy (non-hydrogen) atoms. The van der Waals surface area contributed by atoms with Crippen molar-refractivity contribution in [2.24, 2.45) is 0 Å². The smallest absolute Gasteiger partial charge is 0.338 e. The number of para-hydroxylation sites is 1. The fourth-order valence-corrected chi connectivity index (χ4v) is 3.99. The fraction of sp³-hybridized carbons (Fsp3) is 0.143. The number of esters is 1. The summed E-state index contributed by atoms with van der Waals surface area (Å²) in [4.78, 5) is 51.4. The number of halogens is 2. The molecule has 10 heteroatoms. The van der Waals surface area contributed by atoms with Crippen LogP contribution in [0.3, 0.4) is 0 Å². The van der Waals surface area contributed by atoms with E-state index in [2.05, 4.69) is 10.6 Å². The number of benzene rings is 3. The van der Waals surface area contributed by atoms with Gasteiger partial charge in [0.1, 0.15) is 10.7 Å². The second kappa shape index (κ2) is 11.9. The molecule has 0 unspecified atom stereocenters. The Balaban J connectivity index is 1.43. The van der Waals surface area contributed by atoms with Crippen molar-refractivity contribution in [2.45, 2.75) is 19.8 Å². The number of rotatable bonds is 9. The van der Waals surface area contributed by atoms with Crippen molar-refractivity contribution in [1.82, 2.24) is 0 Å². The zero-order valence-corrected chi connectivity index (χ0v) is 21.8. The van der Waals surface area contributed by atoms with E-state index in [-0.39, 0.29) is 22.3 Å². The molecule has 1 heterocycles. The Labute approximate surface area is 229 Å². The van der Waals surface area contributed by atoms with E-state index in [1.807, 2.05) is 6.92 Å². The van der Waals surface area contributed by atoms with E-state index in [9.17, 15) is 19.2 Å². The Morgan fingerprint density at radius 2 is 1.53 bits per heavy atom. The predicted octanol–water partition coefficient (Wildman–Crippen LogP) is 5.98. The number of amides is 3. The van der Waals surface area contributed by atoms with Gasteiger partial charge < -0.3 is 15.4 Å². The summed E-state index contributed by atoms with van der Waals surface area (Å²) < 4.78 is 5.18. The van der Waals surface area contributed by atoms with Crippen LogP contribution in [0.15, 0.2) is 83.5 Å². The standard InChI is InChI=1S/C28H23Cl2N3O5/c1-2-3-16-38-28(37)18-10-14-20(15-11-18)33-26(35)23(30)24(27(33)36)31-19-12-8-17(9-13-19)25(34)32-22-7-5-4-6-21(22)29/h4-15,31H,2-3,16H2,1H3,(H,32,34). The molecule has 194 valence electrons. The maximum Gasteiger partial charge on any atom is 0.338 e. The molecule has 0 saturated heterocycles. The highest BCUT2D eigenvalue weighted by molar-refractivity contribution is 6.53. The Bertz CT molecular complexity index is 1420. The number of carbonyl (C=O) groups is 4. The molecule has 0 spiro atoms. The van der Waals surface area contributed by atoms with Crippen LogP contribution in [0, 0.1) is 0 Å². The van der Waals surface area contributed by atoms with Gasteiger partial charge in [0.05, 0.1) is 28.6 Å². The lowest BCUT2D eigenvalue weighted by atomic mass is 10.2. The van der Waals surface area contributed by atoms with Crippen molar-refractivity contribution in [2.75, 3.05) is 22.1 Å². The molecule has 4 rings (SSSR count). The monoisotopic (exact) mass is 551 g/mol. The molecule has 1 aliphatic heterocycles. The maximum atomic E-state index is 13.1. The first-order valence-electron chi connectivity index (χ1n) is 11.8. The summed E-state index contributed by atoms with van der Waals surface area (Å²) >= 11 is 12.3. The molecular formula is C28H23Cl2N3O5. The third-order valence-electron chi connectivity index (χ3n) is 5.66. The number of unbranched alkanes of at least 4 members (excludes halogenated alkanes) is 1. The van der Waals surface area contributed by atoms with Gasteiger partial charge in [0.15, 0.2) is 0 Å². The molecule has 3 amide bonds. The molecule has 3 aromatic carbocycles. The van der Waals surface area contributed by atoms with Gasteiger partial charge in [0.25, 0.3) is 17.7 Å². The lowest BCUT2D eigenvalue weighted by Gasteiger charge is -2.15. The summed E-state index contributed by atoms with van der Waals surface area (Å²) in [6.07, 6.45) is 1.66. The second-order valence-electron chi connectivity index (χ2n) is 8.31. The summed E-state index contributed by atoms with van der Waals surface area (Å²) in [7, 11) is 0. The van der Waals surface area contributed by atoms with Gasteiger partial charge in [-0.1, -0.05) is 48.7 Å². The van der Waals surface area contributed by atoms with Gasteiger partial charge in [0, 0.05) is 11.3 Å². The third kappa shape index (κ3) is 5.88. The molecule has 0 aromatic heterocycles. The van der Waals surface area contributed by atoms with Crippen molar-refractivity contribution in [3.8, 4) is 0 Å². The third-order valence-corrected chi connectivity index (χ3v) is 6.34. The normalized spacial score (nSPS) is 13.1. The Kier molecular flexibility index (Phi) is 8.45. The van der Waals surface area contributed by atoms with Crippen molar-refractivity contribution in [3.63, 3.8) is 0 Å². The zero-order valence-electron chi connectivity index (χ0n) is 20.3. The van der Waals surface area contributed by atoms with E-state index in [1.54, 1.807) is 48.5 Å². The van der Waals surface area contributed by atoms with Crippen LogP contribution in [0.25, 0.3) is 0 Å². The van der Waals surface area contributed by atoms with E-state index in [0.29, 0.717) is 34.1 Å². The summed E-state index contributed by atoms with van der Waals surface area (Å²) in [6.45, 7) is 2.31. The fourth-order valence-electron chi connectivity index (χ4n) is 3.59. The summed E-state index contributed by atoms with van der Waals surface area (Å²) in [5, 5.41) is 5.73. The molecule has 1 aliphatic rings. The number of anilines is 3. The minimum Gasteiger partial charge on any atom is -0.462 e. The van der Waals surface area contributed by atoms with Crippen molar-refractivity contribution in [3.05, 3.63) is 99.7 Å². The highest BCUT2D eigenvalue weighted by Crippen LogP contribution is 2.30. The topological polar surface area (TPSA) is 105 Å². The van der Waals surface area contributed by atoms with Gasteiger partial charge in [-0.25, -0.2) is 9.69 Å². The van der Waals surface area contributed by atoms with Gasteiger partial charge in [-0.3, -0.25) is 14.4 Å². The van der Waals surface area contributed by atoms with Crippen LogP contribution in [-0.4, -0.2) is 30.3 Å². The lowest BCUT2D eigenvalue weighted by Crippen LogP contribution is -2.32. The first kappa shape index (κ1) is 26.9. The van der Waals surface area contributed by atoms with E-state index < -0.39 is 17.8 Å². The van der Waals surface area contributed by atoms with Crippen molar-refractivity contribution >= 4 is 64.0 Å². The molecule has 0 bridgehead atoms. The number of carbonyl (C=O) groups excluding carboxylic acids is 4. The van der Waals surface area contributed by atoms with Crippen LogP contribution < -0.4 is 15.5 Å². The number of nitrogens with zero attached hydrogens (tertiary/aromatic N) is 1. The molecule has 0 saturated carbocycles. The quantitative estimate of drug-likeness (QED) is 0.192. The number of nitrogens with one attached hydrogen (secondary N) is 2. The molecule has 2 N–H and O–H groups in total. The van der Waals surface area contributed by atoms with Crippen LogP contribution in [0.5, 0.6) is 0 Å². The average molecular weight is 552 g/mol. The molecule has 0 atom stereocenters. The van der Waals surface area contributed by atoms with Crippen LogP contribution in [0.2, 0.25) is 5.02 Å². The molecule has 0 aliphatic carbocycles. The lowest BCUT2D eigenvalue weighted by molar-refractivity contribution is -0.120. The molecular weight excluding hydrogens is 529 g/mol. The highest BCUT2D eigenvalue weighted by Gasteiger charge is 2.39. The van der Waals surface area contributed by atoms with Gasteiger partial charge in [0.2, 0.25) is 0 Å².